The van der Waals surface area contributed by atoms with Crippen molar-refractivity contribution in [3.05, 3.63) is 151 Å². The van der Waals surface area contributed by atoms with E-state index in [1.165, 1.54) is 15.9 Å². The molecule has 0 aliphatic heterocycles. The molecule has 0 radical (unpaired) electrons. The summed E-state index contributed by atoms with van der Waals surface area (Å²) in [5.41, 5.74) is 5.88. The lowest BCUT2D eigenvalue weighted by atomic mass is 10.2. The second kappa shape index (κ2) is 14.9. The van der Waals surface area contributed by atoms with Crippen molar-refractivity contribution < 1.29 is 38.0 Å². The molecule has 0 aliphatic rings. The van der Waals surface area contributed by atoms with Gasteiger partial charge in [0.05, 0.1) is 13.3 Å². The molecule has 6 rings (SSSR count). The minimum Gasteiger partial charge on any atom is -0.497 e. The number of nitrogens with zero attached hydrogens (tertiary/aromatic N) is 2. The van der Waals surface area contributed by atoms with E-state index in [9.17, 15) is 0 Å². The summed E-state index contributed by atoms with van der Waals surface area (Å²) in [7, 11) is -5.81. The van der Waals surface area contributed by atoms with Gasteiger partial charge in [0, 0.05) is 5.56 Å². The standard InChI is InChI=1S/C35H29N3O2P.ClHO4/c1-39-29-24-22-27(23-25-29)26-36-38-34-35(37-33(40-34)28-14-6-2-7-15-28)41(30-16-8-3-9-17-30,31-18-10-4-11-19-31)32-20-12-5-13-21-32;2-1(3,4)5/h2-26,38H,1H3;(H,2,3,4,5)/q+1;/p-1/b36-26+;. The molecule has 1 heterocycles. The van der Waals surface area contributed by atoms with Crippen molar-refractivity contribution in [2.45, 2.75) is 0 Å². The lowest BCUT2D eigenvalue weighted by molar-refractivity contribution is -2.00. The van der Waals surface area contributed by atoms with Crippen LogP contribution in [0.15, 0.2) is 155 Å². The van der Waals surface area contributed by atoms with Gasteiger partial charge in [0.25, 0.3) is 11.3 Å². The molecule has 0 bridgehead atoms. The van der Waals surface area contributed by atoms with Gasteiger partial charge in [-0.3, -0.25) is 0 Å². The third kappa shape index (κ3) is 7.85. The van der Waals surface area contributed by atoms with Crippen LogP contribution in [-0.4, -0.2) is 18.3 Å². The monoisotopic (exact) mass is 653 g/mol. The normalized spacial score (nSPS) is 11.5. The smallest absolute Gasteiger partial charge is 0.280 e. The number of hydrogen-bond donors (Lipinski definition) is 1. The van der Waals surface area contributed by atoms with E-state index < -0.39 is 17.5 Å². The summed E-state index contributed by atoms with van der Waals surface area (Å²) in [6, 6.07) is 49.5. The average Bonchev–Trinajstić information content (AvgIpc) is 3.51. The summed E-state index contributed by atoms with van der Waals surface area (Å²) in [6.45, 7) is 0. The molecular formula is C35H29ClN3O6P. The molecule has 0 saturated carbocycles. The molecule has 6 aromatic rings. The molecule has 46 heavy (non-hydrogen) atoms. The molecule has 0 fully saturated rings. The van der Waals surface area contributed by atoms with Gasteiger partial charge in [-0.15, -0.1) is 10.2 Å². The highest BCUT2D eigenvalue weighted by Crippen LogP contribution is 2.55. The number of benzene rings is 5. The molecule has 11 heteroatoms. The highest BCUT2D eigenvalue weighted by Gasteiger charge is 2.53. The summed E-state index contributed by atoms with van der Waals surface area (Å²) >= 11 is 0. The SMILES string of the molecule is COc1ccc(/C=N/Nc2oc(-c3ccccc3)nc2[P+](c2ccccc2)(c2ccccc2)c2ccccc2)cc1.[O-][Cl+3]([O-])([O-])[O-]. The summed E-state index contributed by atoms with van der Waals surface area (Å²) in [5.74, 6) is 1.84. The number of ether oxygens (including phenoxy) is 1. The minimum absolute atomic E-state index is 0.513. The molecule has 1 aromatic heterocycles. The van der Waals surface area contributed by atoms with E-state index in [0.717, 1.165) is 22.3 Å². The maximum Gasteiger partial charge on any atom is 0.280 e. The summed E-state index contributed by atoms with van der Waals surface area (Å²) < 4.78 is 45.8. The van der Waals surface area contributed by atoms with Crippen molar-refractivity contribution >= 4 is 40.7 Å². The first-order valence-corrected chi connectivity index (χ1v) is 17.0. The first-order valence-electron chi connectivity index (χ1n) is 14.0. The number of hydrazone groups is 1. The summed E-state index contributed by atoms with van der Waals surface area (Å²) in [6.07, 6.45) is 1.77. The predicted octanol–water partition coefficient (Wildman–Crippen LogP) is 1.66. The Morgan fingerprint density at radius 2 is 1.11 bits per heavy atom. The van der Waals surface area contributed by atoms with Crippen molar-refractivity contribution in [3.8, 4) is 17.2 Å². The second-order valence-corrected chi connectivity index (χ2v) is 13.8. The van der Waals surface area contributed by atoms with Gasteiger partial charge in [-0.05, 0) is 78.4 Å². The Bertz CT molecular complexity index is 1730. The lowest BCUT2D eigenvalue weighted by Gasteiger charge is -2.25. The number of hydrogen-bond acceptors (Lipinski definition) is 9. The fourth-order valence-corrected chi connectivity index (χ4v) is 9.07. The Balaban J connectivity index is 0.000000775. The summed E-state index contributed by atoms with van der Waals surface area (Å²) in [5, 5.41) is 8.12. The van der Waals surface area contributed by atoms with Crippen LogP contribution in [0.1, 0.15) is 5.56 Å². The van der Waals surface area contributed by atoms with E-state index in [4.69, 9.17) is 32.8 Å². The third-order valence-corrected chi connectivity index (χ3v) is 11.0. The predicted molar refractivity (Wildman–Crippen MR) is 171 cm³/mol. The molecule has 9 nitrogen and oxygen atoms in total. The van der Waals surface area contributed by atoms with E-state index >= 15 is 0 Å². The van der Waals surface area contributed by atoms with Crippen LogP contribution < -0.4 is 50.1 Å². The van der Waals surface area contributed by atoms with E-state index in [-0.39, 0.29) is 0 Å². The maximum absolute atomic E-state index is 8.49. The molecule has 0 aliphatic carbocycles. The van der Waals surface area contributed by atoms with Crippen LogP contribution in [0.2, 0.25) is 0 Å². The van der Waals surface area contributed by atoms with Gasteiger partial charge in [-0.25, -0.2) is 24.1 Å². The Morgan fingerprint density at radius 3 is 1.54 bits per heavy atom. The van der Waals surface area contributed by atoms with Gasteiger partial charge in [0.15, 0.2) is 7.26 Å². The zero-order valence-corrected chi connectivity index (χ0v) is 26.3. The van der Waals surface area contributed by atoms with Crippen molar-refractivity contribution in [1.29, 1.82) is 0 Å². The topological polar surface area (TPSA) is 152 Å². The molecule has 0 atom stereocenters. The highest BCUT2D eigenvalue weighted by atomic mass is 35.7. The second-order valence-electron chi connectivity index (χ2n) is 9.74. The molecule has 232 valence electrons. The number of oxazole rings is 1. The van der Waals surface area contributed by atoms with Crippen LogP contribution in [0.25, 0.3) is 11.5 Å². The first-order chi connectivity index (χ1) is 22.3. The molecular weight excluding hydrogens is 625 g/mol. The Labute approximate surface area is 269 Å². The van der Waals surface area contributed by atoms with Gasteiger partial charge in [0.1, 0.15) is 21.7 Å². The van der Waals surface area contributed by atoms with E-state index in [2.05, 4.69) is 83.3 Å². The van der Waals surface area contributed by atoms with Gasteiger partial charge in [0.2, 0.25) is 5.89 Å². The Morgan fingerprint density at radius 1 is 0.674 bits per heavy atom. The van der Waals surface area contributed by atoms with Gasteiger partial charge < -0.3 is 9.15 Å². The minimum atomic E-state index is -4.94. The Kier molecular flexibility index (Phi) is 10.6. The first kappa shape index (κ1) is 32.5. The zero-order chi connectivity index (χ0) is 32.4. The number of anilines is 1. The van der Waals surface area contributed by atoms with Crippen LogP contribution in [0.4, 0.5) is 5.88 Å². The molecule has 0 amide bonds. The van der Waals surface area contributed by atoms with Gasteiger partial charge in [-0.1, -0.05) is 72.8 Å². The van der Waals surface area contributed by atoms with Crippen LogP contribution in [0.3, 0.4) is 0 Å². The van der Waals surface area contributed by atoms with Crippen molar-refractivity contribution in [2.24, 2.45) is 5.10 Å². The van der Waals surface area contributed by atoms with Crippen molar-refractivity contribution in [3.63, 3.8) is 0 Å². The van der Waals surface area contributed by atoms with Crippen LogP contribution in [0.5, 0.6) is 5.75 Å². The zero-order valence-electron chi connectivity index (χ0n) is 24.6. The molecule has 0 saturated heterocycles. The Hall–Kier alpha value is -4.86. The third-order valence-electron chi connectivity index (χ3n) is 6.87. The molecule has 0 unspecified atom stereocenters. The van der Waals surface area contributed by atoms with Crippen LogP contribution >= 0.6 is 7.26 Å². The van der Waals surface area contributed by atoms with Crippen molar-refractivity contribution in [2.75, 3.05) is 12.5 Å². The average molecular weight is 654 g/mol. The fourth-order valence-electron chi connectivity index (χ4n) is 4.94. The number of methoxy groups -OCH3 is 1. The van der Waals surface area contributed by atoms with Crippen LogP contribution in [0, 0.1) is 10.2 Å². The molecule has 5 aromatic carbocycles. The molecule has 0 spiro atoms. The van der Waals surface area contributed by atoms with Gasteiger partial charge >= 0.3 is 0 Å². The quantitative estimate of drug-likeness (QED) is 0.141. The largest absolute Gasteiger partial charge is 0.497 e. The van der Waals surface area contributed by atoms with E-state index in [0.29, 0.717) is 11.8 Å². The lowest BCUT2D eigenvalue weighted by Crippen LogP contribution is -2.68. The number of halogens is 1. The number of aromatic nitrogens is 1. The highest BCUT2D eigenvalue weighted by molar-refractivity contribution is 8.01. The van der Waals surface area contributed by atoms with E-state index in [1.807, 2.05) is 72.8 Å². The number of nitrogens with one attached hydrogen (secondary N) is 1. The van der Waals surface area contributed by atoms with E-state index in [1.54, 1.807) is 13.3 Å². The fraction of sp³-hybridized carbons (Fsp3) is 0.0286. The maximum atomic E-state index is 8.49. The molecule has 1 N–H and O–H groups in total. The van der Waals surface area contributed by atoms with Gasteiger partial charge in [-0.2, -0.15) is 10.1 Å². The number of rotatable bonds is 9. The van der Waals surface area contributed by atoms with Crippen molar-refractivity contribution in [1.82, 2.24) is 4.98 Å². The summed E-state index contributed by atoms with van der Waals surface area (Å²) in [4.78, 5) is 5.26. The van der Waals surface area contributed by atoms with Crippen LogP contribution in [-0.2, 0) is 0 Å².